The number of carbonyl (C=O) groups is 1. The lowest BCUT2D eigenvalue weighted by atomic mass is 9.99. The van der Waals surface area contributed by atoms with E-state index >= 15 is 0 Å². The number of aromatic nitrogens is 2. The Hall–Kier alpha value is -2.40. The highest BCUT2D eigenvalue weighted by molar-refractivity contribution is 6.36. The molecule has 2 aromatic rings. The molecular formula is C21H24Cl2FN3O6. The normalized spacial score (nSPS) is 23.4. The average molecular weight is 504 g/mol. The van der Waals surface area contributed by atoms with Crippen molar-refractivity contribution >= 4 is 29.1 Å². The smallest absolute Gasteiger partial charge is 0.330 e. The maximum absolute atomic E-state index is 14.8. The van der Waals surface area contributed by atoms with Gasteiger partial charge in [0.2, 0.25) is 5.91 Å². The van der Waals surface area contributed by atoms with Gasteiger partial charge in [-0.15, -0.1) is 0 Å². The van der Waals surface area contributed by atoms with Crippen LogP contribution < -0.4 is 21.3 Å². The van der Waals surface area contributed by atoms with E-state index in [1.165, 1.54) is 19.4 Å². The number of aromatic amines is 1. The van der Waals surface area contributed by atoms with Crippen LogP contribution in [0, 0.1) is 0 Å². The van der Waals surface area contributed by atoms with Gasteiger partial charge in [0, 0.05) is 23.3 Å². The summed E-state index contributed by atoms with van der Waals surface area (Å²) in [7, 11) is 1.43. The van der Waals surface area contributed by atoms with Crippen LogP contribution in [-0.4, -0.2) is 52.6 Å². The average Bonchev–Trinajstić information content (AvgIpc) is 3.05. The first-order valence-electron chi connectivity index (χ1n) is 10.2. The number of amides is 1. The second kappa shape index (κ2) is 10.3. The number of aliphatic hydroxyl groups is 1. The van der Waals surface area contributed by atoms with Gasteiger partial charge in [-0.25, -0.2) is 9.18 Å². The monoisotopic (exact) mass is 503 g/mol. The molecule has 33 heavy (non-hydrogen) atoms. The van der Waals surface area contributed by atoms with E-state index < -0.39 is 47.7 Å². The van der Waals surface area contributed by atoms with Gasteiger partial charge in [-0.05, 0) is 31.0 Å². The molecule has 1 amide bonds. The lowest BCUT2D eigenvalue weighted by Gasteiger charge is -2.19. The van der Waals surface area contributed by atoms with Crippen LogP contribution in [-0.2, 0) is 16.0 Å². The van der Waals surface area contributed by atoms with Crippen LogP contribution in [0.15, 0.2) is 27.9 Å². The van der Waals surface area contributed by atoms with Crippen molar-refractivity contribution in [2.75, 3.05) is 13.7 Å². The first-order chi connectivity index (χ1) is 15.6. The fourth-order valence-electron chi connectivity index (χ4n) is 3.59. The van der Waals surface area contributed by atoms with Crippen LogP contribution in [0.25, 0.3) is 0 Å². The number of nitrogens with zero attached hydrogens (tertiary/aromatic N) is 1. The zero-order valence-electron chi connectivity index (χ0n) is 18.1. The summed E-state index contributed by atoms with van der Waals surface area (Å²) in [5, 5.41) is 13.5. The molecule has 1 saturated heterocycles. The summed E-state index contributed by atoms with van der Waals surface area (Å²) >= 11 is 12.2. The van der Waals surface area contributed by atoms with Crippen LogP contribution in [0.5, 0.6) is 5.75 Å². The van der Waals surface area contributed by atoms with E-state index in [9.17, 15) is 23.9 Å². The maximum atomic E-state index is 14.8. The molecule has 1 aromatic heterocycles. The van der Waals surface area contributed by atoms with Gasteiger partial charge in [-0.2, -0.15) is 0 Å². The Morgan fingerprint density at radius 3 is 2.70 bits per heavy atom. The van der Waals surface area contributed by atoms with E-state index in [-0.39, 0.29) is 17.1 Å². The largest absolute Gasteiger partial charge is 0.495 e. The number of rotatable bonds is 7. The minimum absolute atomic E-state index is 0.220. The van der Waals surface area contributed by atoms with Crippen molar-refractivity contribution in [3.63, 3.8) is 0 Å². The molecule has 5 atom stereocenters. The third kappa shape index (κ3) is 5.08. The molecule has 0 unspecified atom stereocenters. The molecule has 3 rings (SSSR count). The van der Waals surface area contributed by atoms with Crippen LogP contribution in [0.1, 0.15) is 37.1 Å². The maximum Gasteiger partial charge on any atom is 0.330 e. The molecular weight excluding hydrogens is 480 g/mol. The number of ether oxygens (including phenoxy) is 2. The quantitative estimate of drug-likeness (QED) is 0.530. The topological polar surface area (TPSA) is 123 Å². The van der Waals surface area contributed by atoms with E-state index in [4.69, 9.17) is 32.7 Å². The predicted molar refractivity (Wildman–Crippen MR) is 120 cm³/mol. The van der Waals surface area contributed by atoms with E-state index in [0.29, 0.717) is 22.8 Å². The molecule has 1 fully saturated rings. The number of aliphatic hydroxyl groups excluding tert-OH is 1. The molecule has 180 valence electrons. The Balaban J connectivity index is 1.72. The molecule has 1 aliphatic rings. The standard InChI is InChI=1S/C21H24Cl2FN3O6/c1-4-10-8-27(21(31)26-19(10)30)20-16(24)17(28)15(33-20)7-25-18(29)9(2)11-5-14(32-3)13(23)6-12(11)22/h5-6,8-9,15-17,20,28H,4,7H2,1-3H3,(H,25,29)(H,26,30,31)/t9-,15+,16-,17+,20+/m0/s1. The van der Waals surface area contributed by atoms with Crippen molar-refractivity contribution in [2.24, 2.45) is 0 Å². The van der Waals surface area contributed by atoms with Gasteiger partial charge in [-0.1, -0.05) is 30.1 Å². The molecule has 1 aliphatic heterocycles. The molecule has 1 aromatic carbocycles. The van der Waals surface area contributed by atoms with E-state index in [2.05, 4.69) is 10.3 Å². The number of halogens is 3. The van der Waals surface area contributed by atoms with Crippen molar-refractivity contribution in [3.05, 3.63) is 60.3 Å². The Bertz CT molecular complexity index is 1150. The van der Waals surface area contributed by atoms with Crippen molar-refractivity contribution in [2.45, 2.75) is 50.8 Å². The van der Waals surface area contributed by atoms with Crippen molar-refractivity contribution in [3.8, 4) is 5.75 Å². The number of aryl methyl sites for hydroxylation is 1. The molecule has 0 bridgehead atoms. The van der Waals surface area contributed by atoms with E-state index in [0.717, 1.165) is 4.57 Å². The number of nitrogens with one attached hydrogen (secondary N) is 2. The van der Waals surface area contributed by atoms with Crippen molar-refractivity contribution in [1.29, 1.82) is 0 Å². The summed E-state index contributed by atoms with van der Waals surface area (Å²) in [5.41, 5.74) is -0.693. The number of carbonyl (C=O) groups excluding carboxylic acids is 1. The van der Waals surface area contributed by atoms with Gasteiger partial charge in [0.25, 0.3) is 5.56 Å². The van der Waals surface area contributed by atoms with Gasteiger partial charge in [-0.3, -0.25) is 19.1 Å². The van der Waals surface area contributed by atoms with Crippen LogP contribution in [0.4, 0.5) is 4.39 Å². The Kier molecular flexibility index (Phi) is 7.84. The van der Waals surface area contributed by atoms with Gasteiger partial charge in [0.1, 0.15) is 18.0 Å². The fraction of sp³-hybridized carbons (Fsp3) is 0.476. The summed E-state index contributed by atoms with van der Waals surface area (Å²) in [6.45, 7) is 3.10. The molecule has 9 nitrogen and oxygen atoms in total. The van der Waals surface area contributed by atoms with Gasteiger partial charge in [0.15, 0.2) is 12.4 Å². The SMILES string of the molecule is CCc1cn([C@@H]2O[C@H](CNC(=O)[C@@H](C)c3cc(OC)c(Cl)cc3Cl)[C@@H](O)[C@@H]2F)c(=O)[nH]c1=O. The molecule has 2 heterocycles. The second-order valence-corrected chi connectivity index (χ2v) is 8.46. The molecule has 0 saturated carbocycles. The lowest BCUT2D eigenvalue weighted by molar-refractivity contribution is -0.123. The number of hydrogen-bond acceptors (Lipinski definition) is 6. The third-order valence-corrected chi connectivity index (χ3v) is 6.22. The number of hydrogen-bond donors (Lipinski definition) is 3. The fourth-order valence-corrected chi connectivity index (χ4v) is 4.22. The highest BCUT2D eigenvalue weighted by Crippen LogP contribution is 2.35. The molecule has 0 spiro atoms. The molecule has 3 N–H and O–H groups in total. The van der Waals surface area contributed by atoms with Gasteiger partial charge in [0.05, 0.1) is 18.1 Å². The Morgan fingerprint density at radius 1 is 1.36 bits per heavy atom. The molecule has 12 heteroatoms. The zero-order chi connectivity index (χ0) is 24.4. The highest BCUT2D eigenvalue weighted by atomic mass is 35.5. The summed E-state index contributed by atoms with van der Waals surface area (Å²) in [6.07, 6.45) is -4.60. The first kappa shape index (κ1) is 25.2. The number of alkyl halides is 1. The second-order valence-electron chi connectivity index (χ2n) is 7.65. The molecule has 0 radical (unpaired) electrons. The first-order valence-corrected chi connectivity index (χ1v) is 11.0. The summed E-state index contributed by atoms with van der Waals surface area (Å²) in [4.78, 5) is 38.7. The number of H-pyrrole nitrogens is 1. The number of benzene rings is 1. The zero-order valence-corrected chi connectivity index (χ0v) is 19.6. The third-order valence-electron chi connectivity index (χ3n) is 5.60. The lowest BCUT2D eigenvalue weighted by Crippen LogP contribution is -2.40. The summed E-state index contributed by atoms with van der Waals surface area (Å²) in [5.74, 6) is -0.815. The minimum Gasteiger partial charge on any atom is -0.495 e. The predicted octanol–water partition coefficient (Wildman–Crippen LogP) is 1.93. The Labute approximate surface area is 198 Å². The van der Waals surface area contributed by atoms with Gasteiger partial charge >= 0.3 is 5.69 Å². The molecule has 0 aliphatic carbocycles. The summed E-state index contributed by atoms with van der Waals surface area (Å²) in [6, 6.07) is 3.02. The highest BCUT2D eigenvalue weighted by Gasteiger charge is 2.45. The van der Waals surface area contributed by atoms with E-state index in [1.54, 1.807) is 19.9 Å². The van der Waals surface area contributed by atoms with Crippen molar-refractivity contribution < 1.29 is 23.8 Å². The number of methoxy groups -OCH3 is 1. The van der Waals surface area contributed by atoms with Crippen LogP contribution in [0.3, 0.4) is 0 Å². The minimum atomic E-state index is -1.95. The Morgan fingerprint density at radius 2 is 2.06 bits per heavy atom. The summed E-state index contributed by atoms with van der Waals surface area (Å²) < 4.78 is 26.4. The van der Waals surface area contributed by atoms with Crippen LogP contribution >= 0.6 is 23.2 Å². The van der Waals surface area contributed by atoms with Crippen LogP contribution in [0.2, 0.25) is 10.0 Å². The van der Waals surface area contributed by atoms with Crippen molar-refractivity contribution in [1.82, 2.24) is 14.9 Å². The van der Waals surface area contributed by atoms with E-state index in [1.807, 2.05) is 0 Å². The van der Waals surface area contributed by atoms with Gasteiger partial charge < -0.3 is 19.9 Å².